The average molecular weight is 278 g/mol. The Morgan fingerprint density at radius 1 is 1.65 bits per heavy atom. The van der Waals surface area contributed by atoms with Crippen LogP contribution in [0, 0.1) is 21.4 Å². The number of ether oxygens (including phenoxy) is 1. The van der Waals surface area contributed by atoms with Gasteiger partial charge in [-0.15, -0.1) is 0 Å². The summed E-state index contributed by atoms with van der Waals surface area (Å²) in [5, 5.41) is 19.8. The lowest BCUT2D eigenvalue weighted by Crippen LogP contribution is -2.27. The van der Waals surface area contributed by atoms with Gasteiger partial charge in [0.2, 0.25) is 5.82 Å². The quantitative estimate of drug-likeness (QED) is 0.437. The molecular formula is C12H14N4O4. The number of nitriles is 1. The second-order valence-corrected chi connectivity index (χ2v) is 3.84. The van der Waals surface area contributed by atoms with Gasteiger partial charge in [0.1, 0.15) is 6.07 Å². The van der Waals surface area contributed by atoms with Gasteiger partial charge in [0.15, 0.2) is 0 Å². The lowest BCUT2D eigenvalue weighted by Gasteiger charge is -2.20. The summed E-state index contributed by atoms with van der Waals surface area (Å²) in [6.45, 7) is 2.49. The van der Waals surface area contributed by atoms with Gasteiger partial charge in [-0.05, 0) is 6.92 Å². The van der Waals surface area contributed by atoms with Gasteiger partial charge in [0, 0.05) is 25.4 Å². The van der Waals surface area contributed by atoms with E-state index in [-0.39, 0.29) is 30.0 Å². The van der Waals surface area contributed by atoms with E-state index in [4.69, 9.17) is 5.26 Å². The van der Waals surface area contributed by atoms with Gasteiger partial charge in [-0.3, -0.25) is 14.9 Å². The first-order valence-corrected chi connectivity index (χ1v) is 5.89. The highest BCUT2D eigenvalue weighted by molar-refractivity contribution is 5.70. The number of nitro groups is 1. The molecule has 0 aromatic carbocycles. The van der Waals surface area contributed by atoms with Gasteiger partial charge < -0.3 is 9.64 Å². The van der Waals surface area contributed by atoms with Crippen LogP contribution in [0.1, 0.15) is 18.9 Å². The fourth-order valence-corrected chi connectivity index (χ4v) is 1.63. The maximum absolute atomic E-state index is 11.1. The van der Waals surface area contributed by atoms with Crippen LogP contribution in [0.2, 0.25) is 0 Å². The van der Waals surface area contributed by atoms with Gasteiger partial charge >= 0.3 is 11.7 Å². The molecule has 0 aliphatic rings. The van der Waals surface area contributed by atoms with Gasteiger partial charge in [-0.1, -0.05) is 0 Å². The van der Waals surface area contributed by atoms with Crippen molar-refractivity contribution in [1.82, 2.24) is 4.98 Å². The van der Waals surface area contributed by atoms with Crippen LogP contribution in [0.5, 0.6) is 0 Å². The van der Waals surface area contributed by atoms with Gasteiger partial charge in [0.25, 0.3) is 0 Å². The largest absolute Gasteiger partial charge is 0.469 e. The highest BCUT2D eigenvalue weighted by Crippen LogP contribution is 2.26. The van der Waals surface area contributed by atoms with Crippen molar-refractivity contribution in [2.75, 3.05) is 25.1 Å². The van der Waals surface area contributed by atoms with E-state index < -0.39 is 10.9 Å². The number of methoxy groups -OCH3 is 1. The number of aromatic nitrogens is 1. The Labute approximate surface area is 115 Å². The number of anilines is 1. The molecule has 1 aromatic heterocycles. The minimum absolute atomic E-state index is 0.100. The number of nitrogens with zero attached hydrogens (tertiary/aromatic N) is 4. The molecule has 0 N–H and O–H groups in total. The molecule has 1 heterocycles. The van der Waals surface area contributed by atoms with Gasteiger partial charge in [0.05, 0.1) is 24.0 Å². The summed E-state index contributed by atoms with van der Waals surface area (Å²) in [7, 11) is 1.28. The van der Waals surface area contributed by atoms with Crippen molar-refractivity contribution < 1.29 is 14.5 Å². The molecule has 0 aliphatic heterocycles. The summed E-state index contributed by atoms with van der Waals surface area (Å²) >= 11 is 0. The normalized spacial score (nSPS) is 9.65. The zero-order chi connectivity index (χ0) is 15.1. The number of pyridine rings is 1. The summed E-state index contributed by atoms with van der Waals surface area (Å²) in [5.74, 6) is -0.264. The lowest BCUT2D eigenvalue weighted by molar-refractivity contribution is -0.384. The molecule has 20 heavy (non-hydrogen) atoms. The Hall–Kier alpha value is -2.69. The summed E-state index contributed by atoms with van der Waals surface area (Å²) in [6, 6.07) is 2.98. The van der Waals surface area contributed by atoms with Crippen molar-refractivity contribution in [3.05, 3.63) is 27.9 Å². The molecule has 0 fully saturated rings. The molecule has 0 saturated carbocycles. The molecule has 0 unspecified atom stereocenters. The average Bonchev–Trinajstić information content (AvgIpc) is 2.47. The van der Waals surface area contributed by atoms with Crippen LogP contribution in [0.15, 0.2) is 12.3 Å². The molecular weight excluding hydrogens is 264 g/mol. The molecule has 0 radical (unpaired) electrons. The number of rotatable bonds is 6. The van der Waals surface area contributed by atoms with Crippen LogP contribution in [0.4, 0.5) is 11.5 Å². The SMILES string of the molecule is CCN(CCC(=O)OC)c1ncc(C#N)cc1[N+](=O)[O-]. The predicted octanol–water partition coefficient (Wildman–Crippen LogP) is 1.25. The third kappa shape index (κ3) is 3.65. The summed E-state index contributed by atoms with van der Waals surface area (Å²) < 4.78 is 4.53. The molecule has 1 aromatic rings. The zero-order valence-corrected chi connectivity index (χ0v) is 11.2. The third-order valence-electron chi connectivity index (χ3n) is 2.67. The minimum atomic E-state index is -0.593. The molecule has 0 spiro atoms. The van der Waals surface area contributed by atoms with Crippen molar-refractivity contribution >= 4 is 17.5 Å². The van der Waals surface area contributed by atoms with E-state index in [0.29, 0.717) is 6.54 Å². The number of hydrogen-bond donors (Lipinski definition) is 0. The van der Waals surface area contributed by atoms with Crippen molar-refractivity contribution in [3.8, 4) is 6.07 Å². The van der Waals surface area contributed by atoms with Gasteiger partial charge in [-0.2, -0.15) is 5.26 Å². The Kier molecular flexibility index (Phi) is 5.41. The van der Waals surface area contributed by atoms with E-state index in [1.54, 1.807) is 17.9 Å². The van der Waals surface area contributed by atoms with Crippen molar-refractivity contribution in [2.45, 2.75) is 13.3 Å². The maximum Gasteiger partial charge on any atom is 0.312 e. The minimum Gasteiger partial charge on any atom is -0.469 e. The third-order valence-corrected chi connectivity index (χ3v) is 2.67. The first-order valence-electron chi connectivity index (χ1n) is 5.89. The molecule has 0 aliphatic carbocycles. The smallest absolute Gasteiger partial charge is 0.312 e. The first-order chi connectivity index (χ1) is 9.53. The maximum atomic E-state index is 11.1. The number of carbonyl (C=O) groups excluding carboxylic acids is 1. The summed E-state index contributed by atoms with van der Waals surface area (Å²) in [6.07, 6.45) is 1.37. The highest BCUT2D eigenvalue weighted by Gasteiger charge is 2.21. The van der Waals surface area contributed by atoms with E-state index >= 15 is 0 Å². The second kappa shape index (κ2) is 7.04. The summed E-state index contributed by atoms with van der Waals surface area (Å²) in [4.78, 5) is 27.1. The molecule has 0 saturated heterocycles. The van der Waals surface area contributed by atoms with E-state index in [0.717, 1.165) is 0 Å². The van der Waals surface area contributed by atoms with E-state index in [1.165, 1.54) is 19.4 Å². The number of esters is 1. The van der Waals surface area contributed by atoms with E-state index in [9.17, 15) is 14.9 Å². The molecule has 0 atom stereocenters. The molecule has 106 valence electrons. The molecule has 8 nitrogen and oxygen atoms in total. The van der Waals surface area contributed by atoms with E-state index in [2.05, 4.69) is 9.72 Å². The number of hydrogen-bond acceptors (Lipinski definition) is 7. The van der Waals surface area contributed by atoms with Crippen LogP contribution in [0.3, 0.4) is 0 Å². The number of carbonyl (C=O) groups is 1. The van der Waals surface area contributed by atoms with Crippen LogP contribution < -0.4 is 4.90 Å². The molecule has 0 amide bonds. The second-order valence-electron chi connectivity index (χ2n) is 3.84. The Bertz CT molecular complexity index is 553. The Morgan fingerprint density at radius 2 is 2.35 bits per heavy atom. The molecule has 0 bridgehead atoms. The van der Waals surface area contributed by atoms with Crippen LogP contribution in [-0.4, -0.2) is 36.1 Å². The fraction of sp³-hybridized carbons (Fsp3) is 0.417. The predicted molar refractivity (Wildman–Crippen MR) is 70.1 cm³/mol. The van der Waals surface area contributed by atoms with Crippen molar-refractivity contribution in [1.29, 1.82) is 5.26 Å². The first kappa shape index (κ1) is 15.4. The van der Waals surface area contributed by atoms with Crippen molar-refractivity contribution in [2.24, 2.45) is 0 Å². The molecule has 8 heteroatoms. The zero-order valence-electron chi connectivity index (χ0n) is 11.2. The standard InChI is InChI=1S/C12H14N4O4/c1-3-15(5-4-11(17)20-2)12-10(16(18)19)6-9(7-13)8-14-12/h6,8H,3-5H2,1-2H3. The van der Waals surface area contributed by atoms with E-state index in [1.807, 2.05) is 0 Å². The highest BCUT2D eigenvalue weighted by atomic mass is 16.6. The van der Waals surface area contributed by atoms with Crippen molar-refractivity contribution in [3.63, 3.8) is 0 Å². The Balaban J connectivity index is 3.05. The van der Waals surface area contributed by atoms with Crippen LogP contribution >= 0.6 is 0 Å². The van der Waals surface area contributed by atoms with Crippen LogP contribution in [-0.2, 0) is 9.53 Å². The Morgan fingerprint density at radius 3 is 2.85 bits per heavy atom. The lowest BCUT2D eigenvalue weighted by atomic mass is 10.2. The molecule has 1 rings (SSSR count). The monoisotopic (exact) mass is 278 g/mol. The fourth-order valence-electron chi connectivity index (χ4n) is 1.63. The summed E-state index contributed by atoms with van der Waals surface area (Å²) in [5.41, 5.74) is -0.139. The van der Waals surface area contributed by atoms with Gasteiger partial charge in [-0.25, -0.2) is 4.98 Å². The van der Waals surface area contributed by atoms with Crippen LogP contribution in [0.25, 0.3) is 0 Å². The topological polar surface area (TPSA) is 109 Å².